The third-order valence-electron chi connectivity index (χ3n) is 3.26. The van der Waals surface area contributed by atoms with Crippen LogP contribution < -0.4 is 4.74 Å². The van der Waals surface area contributed by atoms with Crippen molar-refractivity contribution in [3.63, 3.8) is 0 Å². The number of hydrogen-bond donors (Lipinski definition) is 0. The highest BCUT2D eigenvalue weighted by atomic mass is 79.9. The molecular weight excluding hydrogens is 294 g/mol. The minimum atomic E-state index is 0.185. The van der Waals surface area contributed by atoms with E-state index in [0.29, 0.717) is 11.5 Å². The van der Waals surface area contributed by atoms with Crippen molar-refractivity contribution in [3.05, 3.63) is 28.5 Å². The van der Waals surface area contributed by atoms with Gasteiger partial charge in [0.15, 0.2) is 0 Å². The number of halogens is 1. The zero-order chi connectivity index (χ0) is 12.7. The Balaban J connectivity index is 2.07. The quantitative estimate of drug-likeness (QED) is 0.875. The summed E-state index contributed by atoms with van der Waals surface area (Å²) >= 11 is 3.43. The molecule has 92 valence electrons. The van der Waals surface area contributed by atoms with Crippen LogP contribution in [0, 0.1) is 17.2 Å². The molecule has 0 aromatic carbocycles. The van der Waals surface area contributed by atoms with Crippen LogP contribution in [0.2, 0.25) is 0 Å². The summed E-state index contributed by atoms with van der Waals surface area (Å²) in [6, 6.07) is 4.05. The minimum absolute atomic E-state index is 0.185. The molecule has 0 aliphatic heterocycles. The number of nitriles is 1. The fourth-order valence-corrected chi connectivity index (χ4v) is 2.49. The Morgan fingerprint density at radius 3 is 3.06 bits per heavy atom. The predicted molar refractivity (Wildman–Crippen MR) is 70.4 cm³/mol. The van der Waals surface area contributed by atoms with Crippen LogP contribution in [-0.4, -0.2) is 15.7 Å². The van der Waals surface area contributed by atoms with E-state index >= 15 is 0 Å². The van der Waals surface area contributed by atoms with Crippen molar-refractivity contribution in [1.29, 1.82) is 5.26 Å². The highest BCUT2D eigenvalue weighted by molar-refractivity contribution is 9.10. The lowest BCUT2D eigenvalue weighted by Gasteiger charge is -2.15. The summed E-state index contributed by atoms with van der Waals surface area (Å²) in [7, 11) is 0. The normalized spacial score (nSPS) is 16.5. The molecule has 3 rings (SSSR count). The Hall–Kier alpha value is -1.54. The number of fused-ring (bicyclic) bond motifs is 1. The lowest BCUT2D eigenvalue weighted by atomic mass is 10.2. The Morgan fingerprint density at radius 1 is 1.61 bits per heavy atom. The summed E-state index contributed by atoms with van der Waals surface area (Å²) in [5.74, 6) is 1.37. The molecule has 0 radical (unpaired) electrons. The molecular formula is C13H12BrN3O. The lowest BCUT2D eigenvalue weighted by molar-refractivity contribution is 0.199. The van der Waals surface area contributed by atoms with Crippen molar-refractivity contribution in [3.8, 4) is 11.8 Å². The third-order valence-corrected chi connectivity index (χ3v) is 3.70. The van der Waals surface area contributed by atoms with Gasteiger partial charge in [-0.1, -0.05) is 0 Å². The van der Waals surface area contributed by atoms with Gasteiger partial charge in [0.1, 0.15) is 22.9 Å². The van der Waals surface area contributed by atoms with E-state index in [-0.39, 0.29) is 6.10 Å². The first-order valence-electron chi connectivity index (χ1n) is 5.92. The van der Waals surface area contributed by atoms with Crippen molar-refractivity contribution in [2.45, 2.75) is 25.9 Å². The van der Waals surface area contributed by atoms with Crippen LogP contribution in [0.25, 0.3) is 5.52 Å². The van der Waals surface area contributed by atoms with Gasteiger partial charge < -0.3 is 4.74 Å². The molecule has 0 spiro atoms. The van der Waals surface area contributed by atoms with E-state index in [1.165, 1.54) is 12.8 Å². The molecule has 1 saturated carbocycles. The smallest absolute Gasteiger partial charge is 0.147 e. The summed E-state index contributed by atoms with van der Waals surface area (Å²) in [5, 5.41) is 13.3. The van der Waals surface area contributed by atoms with Crippen LogP contribution in [0.15, 0.2) is 22.9 Å². The van der Waals surface area contributed by atoms with E-state index in [2.05, 4.69) is 34.0 Å². The van der Waals surface area contributed by atoms with E-state index in [1.807, 2.05) is 12.3 Å². The molecule has 1 aliphatic rings. The fourth-order valence-electron chi connectivity index (χ4n) is 2.09. The van der Waals surface area contributed by atoms with Gasteiger partial charge in [-0.15, -0.1) is 0 Å². The van der Waals surface area contributed by atoms with Gasteiger partial charge in [-0.2, -0.15) is 10.4 Å². The van der Waals surface area contributed by atoms with E-state index in [4.69, 9.17) is 10.00 Å². The molecule has 0 N–H and O–H groups in total. The second kappa shape index (κ2) is 4.29. The average Bonchev–Trinajstić information content (AvgIpc) is 3.10. The largest absolute Gasteiger partial charge is 0.488 e. The third kappa shape index (κ3) is 1.97. The van der Waals surface area contributed by atoms with Gasteiger partial charge in [0, 0.05) is 10.7 Å². The zero-order valence-electron chi connectivity index (χ0n) is 9.93. The minimum Gasteiger partial charge on any atom is -0.488 e. The molecule has 0 amide bonds. The maximum atomic E-state index is 9.10. The molecule has 4 nitrogen and oxygen atoms in total. The maximum absolute atomic E-state index is 9.10. The molecule has 2 aromatic heterocycles. The molecule has 1 fully saturated rings. The van der Waals surface area contributed by atoms with E-state index in [1.54, 1.807) is 10.7 Å². The van der Waals surface area contributed by atoms with Gasteiger partial charge in [0.05, 0.1) is 12.3 Å². The van der Waals surface area contributed by atoms with Gasteiger partial charge in [-0.05, 0) is 47.7 Å². The van der Waals surface area contributed by atoms with Crippen LogP contribution in [0.4, 0.5) is 0 Å². The van der Waals surface area contributed by atoms with Crippen LogP contribution in [-0.2, 0) is 0 Å². The van der Waals surface area contributed by atoms with Gasteiger partial charge in [-0.3, -0.25) is 0 Å². The van der Waals surface area contributed by atoms with Gasteiger partial charge >= 0.3 is 0 Å². The number of hydrogen-bond acceptors (Lipinski definition) is 3. The van der Waals surface area contributed by atoms with Crippen molar-refractivity contribution >= 4 is 21.4 Å². The Bertz CT molecular complexity index is 639. The van der Waals surface area contributed by atoms with Gasteiger partial charge in [0.25, 0.3) is 0 Å². The topological polar surface area (TPSA) is 50.3 Å². The second-order valence-electron chi connectivity index (χ2n) is 4.65. The lowest BCUT2D eigenvalue weighted by Crippen LogP contribution is -2.14. The van der Waals surface area contributed by atoms with Crippen LogP contribution in [0.3, 0.4) is 0 Å². The molecule has 5 heteroatoms. The fraction of sp³-hybridized carbons (Fsp3) is 0.385. The number of ether oxygens (including phenoxy) is 1. The molecule has 0 bridgehead atoms. The molecule has 0 unspecified atom stereocenters. The Labute approximate surface area is 113 Å². The molecule has 1 aliphatic carbocycles. The Kier molecular flexibility index (Phi) is 2.75. The molecule has 2 heterocycles. The number of rotatable bonds is 3. The summed E-state index contributed by atoms with van der Waals surface area (Å²) in [6.07, 6.45) is 6.04. The maximum Gasteiger partial charge on any atom is 0.147 e. The van der Waals surface area contributed by atoms with E-state index in [9.17, 15) is 0 Å². The SMILES string of the molecule is C[C@@H](Oc1cc(Br)cn2ncc(C#N)c12)C1CC1. The molecule has 0 saturated heterocycles. The monoisotopic (exact) mass is 305 g/mol. The highest BCUT2D eigenvalue weighted by Gasteiger charge is 2.30. The van der Waals surface area contributed by atoms with Crippen LogP contribution >= 0.6 is 15.9 Å². The number of aromatic nitrogens is 2. The standard InChI is InChI=1S/C13H12BrN3O/c1-8(9-2-3-9)18-12-4-11(14)7-17-13(12)10(5-15)6-16-17/h4,6-9H,2-3H2,1H3/t8-/m1/s1. The Morgan fingerprint density at radius 2 is 2.39 bits per heavy atom. The zero-order valence-corrected chi connectivity index (χ0v) is 11.5. The second-order valence-corrected chi connectivity index (χ2v) is 5.56. The first kappa shape index (κ1) is 11.5. The van der Waals surface area contributed by atoms with Gasteiger partial charge in [-0.25, -0.2) is 4.52 Å². The highest BCUT2D eigenvalue weighted by Crippen LogP contribution is 2.36. The molecule has 1 atom stereocenters. The first-order valence-corrected chi connectivity index (χ1v) is 6.72. The van der Waals surface area contributed by atoms with Crippen molar-refractivity contribution in [2.75, 3.05) is 0 Å². The van der Waals surface area contributed by atoms with Crippen molar-refractivity contribution in [2.24, 2.45) is 5.92 Å². The summed E-state index contributed by atoms with van der Waals surface area (Å²) in [5.41, 5.74) is 1.29. The van der Waals surface area contributed by atoms with E-state index in [0.717, 1.165) is 15.7 Å². The summed E-state index contributed by atoms with van der Waals surface area (Å²) in [6.45, 7) is 2.08. The average molecular weight is 306 g/mol. The van der Waals surface area contributed by atoms with Gasteiger partial charge in [0.2, 0.25) is 0 Å². The summed E-state index contributed by atoms with van der Waals surface area (Å²) < 4.78 is 8.56. The van der Waals surface area contributed by atoms with Crippen LogP contribution in [0.5, 0.6) is 5.75 Å². The van der Waals surface area contributed by atoms with Crippen LogP contribution in [0.1, 0.15) is 25.3 Å². The first-order chi connectivity index (χ1) is 8.69. The van der Waals surface area contributed by atoms with Crippen molar-refractivity contribution in [1.82, 2.24) is 9.61 Å². The summed E-state index contributed by atoms with van der Waals surface area (Å²) in [4.78, 5) is 0. The van der Waals surface area contributed by atoms with E-state index < -0.39 is 0 Å². The molecule has 18 heavy (non-hydrogen) atoms. The number of pyridine rings is 1. The van der Waals surface area contributed by atoms with Crippen molar-refractivity contribution < 1.29 is 4.74 Å². The predicted octanol–water partition coefficient (Wildman–Crippen LogP) is 3.15. The number of nitrogens with zero attached hydrogens (tertiary/aromatic N) is 3. The molecule has 2 aromatic rings.